The van der Waals surface area contributed by atoms with Crippen LogP contribution in [0.5, 0.6) is 0 Å². The highest BCUT2D eigenvalue weighted by Gasteiger charge is 2.10. The number of aryl methyl sites for hydroxylation is 1. The summed E-state index contributed by atoms with van der Waals surface area (Å²) in [5.41, 5.74) is 0.510. The minimum absolute atomic E-state index is 0.00151. The molecule has 0 N–H and O–H groups in total. The average molecular weight is 264 g/mol. The molecule has 6 heteroatoms. The Hall–Kier alpha value is -2.11. The Balaban J connectivity index is 2.13. The highest BCUT2D eigenvalue weighted by atomic mass is 16.5. The van der Waals surface area contributed by atoms with Gasteiger partial charge in [-0.05, 0) is 12.8 Å². The fourth-order valence-electron chi connectivity index (χ4n) is 1.69. The predicted molar refractivity (Wildman–Crippen MR) is 67.7 cm³/mol. The molecular weight excluding hydrogens is 248 g/mol. The lowest BCUT2D eigenvalue weighted by Gasteiger charge is -2.05. The zero-order chi connectivity index (χ0) is 14.0. The summed E-state index contributed by atoms with van der Waals surface area (Å²) in [4.78, 5) is 27.4. The molecule has 0 saturated carbocycles. The molecule has 0 amide bonds. The van der Waals surface area contributed by atoms with E-state index in [9.17, 15) is 9.59 Å². The summed E-state index contributed by atoms with van der Waals surface area (Å²) in [7, 11) is 0. The first-order valence-corrected chi connectivity index (χ1v) is 6.11. The molecule has 0 unspecified atom stereocenters. The van der Waals surface area contributed by atoms with Gasteiger partial charge in [-0.3, -0.25) is 9.59 Å². The highest BCUT2D eigenvalue weighted by molar-refractivity contribution is 5.69. The maximum atomic E-state index is 11.7. The minimum atomic E-state index is -0.326. The molecule has 0 radical (unpaired) electrons. The van der Waals surface area contributed by atoms with Crippen molar-refractivity contribution in [1.82, 2.24) is 9.56 Å². The van der Waals surface area contributed by atoms with Crippen molar-refractivity contribution in [2.45, 2.75) is 33.8 Å². The molecule has 2 heterocycles. The number of fused-ring (bicyclic) bond motifs is 1. The topological polar surface area (TPSA) is 73.8 Å². The van der Waals surface area contributed by atoms with E-state index >= 15 is 0 Å². The van der Waals surface area contributed by atoms with Crippen molar-refractivity contribution in [2.75, 3.05) is 0 Å². The molecule has 0 aliphatic carbocycles. The van der Waals surface area contributed by atoms with E-state index in [0.717, 1.165) is 4.57 Å². The van der Waals surface area contributed by atoms with E-state index in [1.165, 1.54) is 6.07 Å². The van der Waals surface area contributed by atoms with Gasteiger partial charge in [-0.25, -0.2) is 4.98 Å². The number of hydrogen-bond donors (Lipinski definition) is 0. The number of nitrogens with zero attached hydrogens (tertiary/aromatic N) is 2. The van der Waals surface area contributed by atoms with Gasteiger partial charge in [0.05, 0.1) is 5.69 Å². The fourth-order valence-corrected chi connectivity index (χ4v) is 1.69. The van der Waals surface area contributed by atoms with Crippen LogP contribution >= 0.6 is 0 Å². The normalized spacial score (nSPS) is 11.2. The molecule has 0 aliphatic rings. The van der Waals surface area contributed by atoms with Crippen LogP contribution in [-0.2, 0) is 16.1 Å². The van der Waals surface area contributed by atoms with Gasteiger partial charge in [0.15, 0.2) is 5.65 Å². The van der Waals surface area contributed by atoms with E-state index in [1.54, 1.807) is 13.0 Å². The first-order valence-electron chi connectivity index (χ1n) is 6.11. The van der Waals surface area contributed by atoms with Gasteiger partial charge in [0.25, 0.3) is 5.56 Å². The Morgan fingerprint density at radius 1 is 1.47 bits per heavy atom. The Morgan fingerprint density at radius 2 is 2.21 bits per heavy atom. The Bertz CT molecular complexity index is 654. The Kier molecular flexibility index (Phi) is 3.69. The first kappa shape index (κ1) is 13.3. The Labute approximate surface area is 110 Å². The number of carbonyl (C=O) groups excluding carboxylic acids is 1. The van der Waals surface area contributed by atoms with Gasteiger partial charge in [0, 0.05) is 18.6 Å². The van der Waals surface area contributed by atoms with E-state index in [2.05, 4.69) is 4.98 Å². The molecule has 0 spiro atoms. The molecular formula is C13H16N2O4. The zero-order valence-corrected chi connectivity index (χ0v) is 11.2. The second-order valence-corrected chi connectivity index (χ2v) is 4.84. The first-order chi connectivity index (χ1) is 8.95. The number of ether oxygens (including phenoxy) is 1. The summed E-state index contributed by atoms with van der Waals surface area (Å²) in [6.45, 7) is 5.61. The number of esters is 1. The molecule has 6 nitrogen and oxygen atoms in total. The summed E-state index contributed by atoms with van der Waals surface area (Å²) in [6.07, 6.45) is 0.353. The van der Waals surface area contributed by atoms with Crippen LogP contribution < -0.4 is 5.56 Å². The zero-order valence-electron chi connectivity index (χ0n) is 11.2. The van der Waals surface area contributed by atoms with Crippen LogP contribution in [0.3, 0.4) is 0 Å². The van der Waals surface area contributed by atoms with Crippen molar-refractivity contribution in [3.63, 3.8) is 0 Å². The molecule has 0 fully saturated rings. The maximum absolute atomic E-state index is 11.7. The fraction of sp³-hybridized carbons (Fsp3) is 0.462. The molecule has 2 aromatic heterocycles. The summed E-state index contributed by atoms with van der Waals surface area (Å²) in [6, 6.07) is 2.96. The molecule has 0 saturated heterocycles. The van der Waals surface area contributed by atoms with Crippen molar-refractivity contribution in [2.24, 2.45) is 5.92 Å². The lowest BCUT2D eigenvalue weighted by Crippen LogP contribution is -2.15. The van der Waals surface area contributed by atoms with Crippen molar-refractivity contribution >= 4 is 11.6 Å². The molecule has 0 bridgehead atoms. The van der Waals surface area contributed by atoms with Gasteiger partial charge < -0.3 is 9.26 Å². The smallest absolute Gasteiger partial charge is 0.306 e. The summed E-state index contributed by atoms with van der Waals surface area (Å²) < 4.78 is 11.3. The third-order valence-electron chi connectivity index (χ3n) is 2.48. The van der Waals surface area contributed by atoms with Crippen molar-refractivity contribution < 1.29 is 14.1 Å². The van der Waals surface area contributed by atoms with E-state index in [0.29, 0.717) is 23.5 Å². The van der Waals surface area contributed by atoms with Gasteiger partial charge in [0.1, 0.15) is 12.4 Å². The van der Waals surface area contributed by atoms with Gasteiger partial charge in [-0.1, -0.05) is 13.8 Å². The monoisotopic (exact) mass is 264 g/mol. The second-order valence-electron chi connectivity index (χ2n) is 4.84. The number of rotatable bonds is 4. The molecule has 2 aromatic rings. The van der Waals surface area contributed by atoms with Crippen LogP contribution in [0.4, 0.5) is 0 Å². The lowest BCUT2D eigenvalue weighted by molar-refractivity contribution is -0.145. The largest absolute Gasteiger partial charge is 0.459 e. The summed E-state index contributed by atoms with van der Waals surface area (Å²) >= 11 is 0. The highest BCUT2D eigenvalue weighted by Crippen LogP contribution is 2.07. The number of aromatic nitrogens is 2. The molecule has 0 aromatic carbocycles. The van der Waals surface area contributed by atoms with Crippen LogP contribution in [0.25, 0.3) is 5.65 Å². The number of carbonyl (C=O) groups is 1. The van der Waals surface area contributed by atoms with Crippen LogP contribution in [0, 0.1) is 12.8 Å². The third-order valence-corrected chi connectivity index (χ3v) is 2.48. The maximum Gasteiger partial charge on any atom is 0.306 e. The lowest BCUT2D eigenvalue weighted by atomic mass is 10.1. The van der Waals surface area contributed by atoms with E-state index in [1.807, 2.05) is 13.8 Å². The molecule has 102 valence electrons. The molecule has 19 heavy (non-hydrogen) atoms. The van der Waals surface area contributed by atoms with E-state index in [4.69, 9.17) is 9.26 Å². The van der Waals surface area contributed by atoms with Crippen molar-refractivity contribution in [3.05, 3.63) is 33.9 Å². The standard InChI is InChI=1S/C13H16N2O4/c1-8(2)4-13(17)18-7-10-6-12(16)15-11(14-10)5-9(3)19-15/h5-6,8H,4,7H2,1-3H3. The number of hydrogen-bond acceptors (Lipinski definition) is 5. The minimum Gasteiger partial charge on any atom is -0.459 e. The SMILES string of the molecule is Cc1cc2nc(COC(=O)CC(C)C)cc(=O)n2o1. The average Bonchev–Trinajstić information content (AvgIpc) is 2.67. The second kappa shape index (κ2) is 5.26. The van der Waals surface area contributed by atoms with E-state index < -0.39 is 0 Å². The van der Waals surface area contributed by atoms with Crippen LogP contribution in [0.15, 0.2) is 21.5 Å². The van der Waals surface area contributed by atoms with Crippen molar-refractivity contribution in [3.8, 4) is 0 Å². The Morgan fingerprint density at radius 3 is 2.89 bits per heavy atom. The van der Waals surface area contributed by atoms with E-state index in [-0.39, 0.29) is 24.1 Å². The van der Waals surface area contributed by atoms with Crippen LogP contribution in [0.2, 0.25) is 0 Å². The quantitative estimate of drug-likeness (QED) is 0.785. The van der Waals surface area contributed by atoms with Gasteiger partial charge >= 0.3 is 5.97 Å². The summed E-state index contributed by atoms with van der Waals surface area (Å²) in [5.74, 6) is 0.545. The van der Waals surface area contributed by atoms with Gasteiger partial charge in [-0.2, -0.15) is 0 Å². The third kappa shape index (κ3) is 3.21. The molecule has 0 atom stereocenters. The molecule has 0 aliphatic heterocycles. The summed E-state index contributed by atoms with van der Waals surface area (Å²) in [5, 5.41) is 0. The molecule has 2 rings (SSSR count). The van der Waals surface area contributed by atoms with Gasteiger partial charge in [0.2, 0.25) is 0 Å². The predicted octanol–water partition coefficient (Wildman–Crippen LogP) is 1.69. The van der Waals surface area contributed by atoms with Crippen LogP contribution in [0.1, 0.15) is 31.7 Å². The van der Waals surface area contributed by atoms with Crippen LogP contribution in [-0.4, -0.2) is 15.5 Å². The van der Waals surface area contributed by atoms with Gasteiger partial charge in [-0.15, -0.1) is 4.57 Å². The van der Waals surface area contributed by atoms with Crippen molar-refractivity contribution in [1.29, 1.82) is 0 Å².